The summed E-state index contributed by atoms with van der Waals surface area (Å²) in [5, 5.41) is 0.0427. The van der Waals surface area contributed by atoms with Gasteiger partial charge in [-0.15, -0.1) is 0 Å². The van der Waals surface area contributed by atoms with Gasteiger partial charge in [-0.05, 0) is 5.56 Å². The molecule has 1 aliphatic carbocycles. The normalized spacial score (nSPS) is 18.1. The minimum atomic E-state index is -0.264. The van der Waals surface area contributed by atoms with Gasteiger partial charge in [-0.1, -0.05) is 78.4 Å². The highest BCUT2D eigenvalue weighted by molar-refractivity contribution is 6.49. The molecule has 2 aliphatic rings. The Kier molecular flexibility index (Phi) is 5.42. The maximum absolute atomic E-state index is 12.9. The van der Waals surface area contributed by atoms with Crippen molar-refractivity contribution in [3.05, 3.63) is 88.1 Å². The van der Waals surface area contributed by atoms with Gasteiger partial charge in [0.15, 0.2) is 0 Å². The van der Waals surface area contributed by atoms with Gasteiger partial charge >= 0.3 is 0 Å². The lowest BCUT2D eigenvalue weighted by Gasteiger charge is -2.37. The number of hydrogen-bond acceptors (Lipinski definition) is 4. The maximum atomic E-state index is 12.9. The molecule has 0 bridgehead atoms. The van der Waals surface area contributed by atoms with E-state index < -0.39 is 0 Å². The zero-order valence-electron chi connectivity index (χ0n) is 15.5. The van der Waals surface area contributed by atoms with E-state index >= 15 is 0 Å². The van der Waals surface area contributed by atoms with Crippen LogP contribution in [-0.4, -0.2) is 54.1 Å². The zero-order valence-corrected chi connectivity index (χ0v) is 16.2. The largest absolute Gasteiger partial charge is 0.364 e. The molecule has 0 spiro atoms. The lowest BCUT2D eigenvalue weighted by molar-refractivity contribution is 0.0917. The second kappa shape index (κ2) is 8.13. The number of benzene rings is 2. The van der Waals surface area contributed by atoms with E-state index in [2.05, 4.69) is 29.2 Å². The molecule has 0 aromatic heterocycles. The van der Waals surface area contributed by atoms with Crippen molar-refractivity contribution in [2.24, 2.45) is 0 Å². The summed E-state index contributed by atoms with van der Waals surface area (Å²) in [6.45, 7) is 3.83. The quantitative estimate of drug-likeness (QED) is 0.792. The number of halogens is 1. The van der Waals surface area contributed by atoms with E-state index in [1.165, 1.54) is 5.56 Å². The average molecular weight is 393 g/mol. The van der Waals surface area contributed by atoms with Gasteiger partial charge in [-0.2, -0.15) is 0 Å². The zero-order chi connectivity index (χ0) is 19.5. The number of carbonyl (C=O) groups excluding carboxylic acids is 2. The van der Waals surface area contributed by atoms with E-state index in [4.69, 9.17) is 11.6 Å². The summed E-state index contributed by atoms with van der Waals surface area (Å²) in [4.78, 5) is 29.8. The summed E-state index contributed by atoms with van der Waals surface area (Å²) in [6, 6.07) is 17.1. The number of hydrogen-bond donors (Lipinski definition) is 0. The highest BCUT2D eigenvalue weighted by Gasteiger charge is 2.35. The minimum Gasteiger partial charge on any atom is -0.364 e. The third-order valence-corrected chi connectivity index (χ3v) is 5.55. The molecule has 142 valence electrons. The van der Waals surface area contributed by atoms with Crippen LogP contribution in [0, 0.1) is 0 Å². The topological polar surface area (TPSA) is 40.6 Å². The second-order valence-electron chi connectivity index (χ2n) is 6.97. The lowest BCUT2D eigenvalue weighted by Crippen LogP contribution is -2.47. The van der Waals surface area contributed by atoms with Crippen LogP contribution >= 0.6 is 11.6 Å². The fourth-order valence-electron chi connectivity index (χ4n) is 3.67. The van der Waals surface area contributed by atoms with Crippen LogP contribution in [0.1, 0.15) is 26.3 Å². The Bertz CT molecular complexity index is 958. The highest BCUT2D eigenvalue weighted by atomic mass is 35.5. The molecule has 5 heteroatoms. The van der Waals surface area contributed by atoms with Crippen molar-refractivity contribution in [1.29, 1.82) is 0 Å². The minimum absolute atomic E-state index is 0.0427. The second-order valence-corrected chi connectivity index (χ2v) is 7.35. The van der Waals surface area contributed by atoms with E-state index in [0.29, 0.717) is 29.9 Å². The fourth-order valence-corrected chi connectivity index (χ4v) is 3.98. The van der Waals surface area contributed by atoms with Crippen LogP contribution in [0.15, 0.2) is 71.4 Å². The van der Waals surface area contributed by atoms with E-state index in [-0.39, 0.29) is 16.6 Å². The molecule has 0 unspecified atom stereocenters. The molecule has 2 aromatic rings. The van der Waals surface area contributed by atoms with Gasteiger partial charge in [0.1, 0.15) is 10.7 Å². The van der Waals surface area contributed by atoms with E-state index in [0.717, 1.165) is 19.6 Å². The molecule has 2 aromatic carbocycles. The Morgan fingerprint density at radius 2 is 1.43 bits per heavy atom. The Labute approximate surface area is 169 Å². The lowest BCUT2D eigenvalue weighted by atomic mass is 9.91. The molecule has 4 nitrogen and oxygen atoms in total. The van der Waals surface area contributed by atoms with Crippen LogP contribution in [0.4, 0.5) is 0 Å². The SMILES string of the molecule is O=C1C(Cl)=C(N2CCN(CC=Cc3ccccc3)CC2)C(=O)c2ccccc21. The van der Waals surface area contributed by atoms with Gasteiger partial charge in [-0.3, -0.25) is 14.5 Å². The van der Waals surface area contributed by atoms with Gasteiger partial charge in [-0.25, -0.2) is 0 Å². The number of carbonyl (C=O) groups is 2. The first-order chi connectivity index (χ1) is 13.6. The van der Waals surface area contributed by atoms with Crippen LogP contribution < -0.4 is 0 Å². The predicted octanol–water partition coefficient (Wildman–Crippen LogP) is 3.85. The number of fused-ring (bicyclic) bond motifs is 1. The van der Waals surface area contributed by atoms with Crippen LogP contribution in [0.5, 0.6) is 0 Å². The van der Waals surface area contributed by atoms with Crippen molar-refractivity contribution in [2.75, 3.05) is 32.7 Å². The molecule has 1 heterocycles. The Morgan fingerprint density at radius 1 is 0.821 bits per heavy atom. The number of Topliss-reactive ketones (excluding diaryl/α,β-unsaturated/α-hetero) is 2. The smallest absolute Gasteiger partial charge is 0.211 e. The summed E-state index contributed by atoms with van der Waals surface area (Å²) in [5.41, 5.74) is 2.37. The Morgan fingerprint density at radius 3 is 2.11 bits per heavy atom. The third kappa shape index (κ3) is 3.66. The van der Waals surface area contributed by atoms with E-state index in [9.17, 15) is 9.59 Å². The van der Waals surface area contributed by atoms with Gasteiger partial charge in [0.25, 0.3) is 0 Å². The fraction of sp³-hybridized carbons (Fsp3) is 0.217. The maximum Gasteiger partial charge on any atom is 0.211 e. The molecule has 1 saturated heterocycles. The summed E-state index contributed by atoms with van der Waals surface area (Å²) in [6.07, 6.45) is 4.27. The van der Waals surface area contributed by atoms with Crippen LogP contribution in [0.3, 0.4) is 0 Å². The van der Waals surface area contributed by atoms with Gasteiger partial charge < -0.3 is 4.90 Å². The summed E-state index contributed by atoms with van der Waals surface area (Å²) in [7, 11) is 0. The molecular formula is C23H21ClN2O2. The molecule has 28 heavy (non-hydrogen) atoms. The Hall–Kier alpha value is -2.69. The summed E-state index contributed by atoms with van der Waals surface area (Å²) in [5.74, 6) is -0.419. The molecule has 4 rings (SSSR count). The van der Waals surface area contributed by atoms with Crippen molar-refractivity contribution in [1.82, 2.24) is 9.80 Å². The number of ketones is 2. The third-order valence-electron chi connectivity index (χ3n) is 5.20. The van der Waals surface area contributed by atoms with Gasteiger partial charge in [0.2, 0.25) is 11.6 Å². The van der Waals surface area contributed by atoms with Crippen molar-refractivity contribution in [3.63, 3.8) is 0 Å². The molecule has 1 aliphatic heterocycles. The number of nitrogens with zero attached hydrogens (tertiary/aromatic N) is 2. The van der Waals surface area contributed by atoms with E-state index in [1.807, 2.05) is 23.1 Å². The molecule has 1 fully saturated rings. The summed E-state index contributed by atoms with van der Waals surface area (Å²) >= 11 is 6.32. The van der Waals surface area contributed by atoms with Crippen molar-refractivity contribution >= 4 is 29.2 Å². The van der Waals surface area contributed by atoms with Crippen molar-refractivity contribution in [2.45, 2.75) is 0 Å². The Balaban J connectivity index is 1.41. The molecule has 0 saturated carbocycles. The van der Waals surface area contributed by atoms with Gasteiger partial charge in [0.05, 0.1) is 0 Å². The van der Waals surface area contributed by atoms with Crippen LogP contribution in [0.2, 0.25) is 0 Å². The molecule has 0 N–H and O–H groups in total. The molecular weight excluding hydrogens is 372 g/mol. The highest BCUT2D eigenvalue weighted by Crippen LogP contribution is 2.30. The first-order valence-electron chi connectivity index (χ1n) is 9.42. The monoisotopic (exact) mass is 392 g/mol. The van der Waals surface area contributed by atoms with Crippen LogP contribution in [0.25, 0.3) is 6.08 Å². The number of piperazine rings is 1. The van der Waals surface area contributed by atoms with Crippen molar-refractivity contribution < 1.29 is 9.59 Å². The van der Waals surface area contributed by atoms with Gasteiger partial charge in [0, 0.05) is 43.9 Å². The average Bonchev–Trinajstić information content (AvgIpc) is 2.74. The number of allylic oxidation sites excluding steroid dienone is 2. The molecule has 0 amide bonds. The number of rotatable bonds is 4. The van der Waals surface area contributed by atoms with E-state index in [1.54, 1.807) is 24.3 Å². The summed E-state index contributed by atoms with van der Waals surface area (Å²) < 4.78 is 0. The standard InChI is InChI=1S/C23H21ClN2O2/c24-20-21(23(28)19-11-5-4-10-18(19)22(20)27)26-15-13-25(14-16-26)12-6-9-17-7-2-1-3-8-17/h1-11H,12-16H2. The van der Waals surface area contributed by atoms with Crippen molar-refractivity contribution in [3.8, 4) is 0 Å². The molecule has 0 radical (unpaired) electrons. The predicted molar refractivity (Wildman–Crippen MR) is 111 cm³/mol. The first kappa shape index (κ1) is 18.7. The molecule has 0 atom stereocenters. The first-order valence-corrected chi connectivity index (χ1v) is 9.80. The van der Waals surface area contributed by atoms with Crippen LogP contribution in [-0.2, 0) is 0 Å².